The summed E-state index contributed by atoms with van der Waals surface area (Å²) in [4.78, 5) is 23.3. The van der Waals surface area contributed by atoms with Crippen molar-refractivity contribution < 1.29 is 31.7 Å². The monoisotopic (exact) mass is 375 g/mol. The van der Waals surface area contributed by atoms with Crippen molar-refractivity contribution in [3.63, 3.8) is 0 Å². The van der Waals surface area contributed by atoms with Gasteiger partial charge < -0.3 is 14.8 Å². The van der Waals surface area contributed by atoms with Crippen LogP contribution in [0.15, 0.2) is 0 Å². The molecule has 1 aliphatic heterocycles. The van der Waals surface area contributed by atoms with Gasteiger partial charge in [0.25, 0.3) is 10.1 Å². The topological polar surface area (TPSA) is 108 Å². The van der Waals surface area contributed by atoms with Crippen molar-refractivity contribution >= 4 is 22.0 Å². The summed E-state index contributed by atoms with van der Waals surface area (Å²) in [7, 11) is -3.44. The van der Waals surface area contributed by atoms with E-state index in [1.165, 1.54) is 0 Å². The van der Waals surface area contributed by atoms with Crippen molar-refractivity contribution in [2.45, 2.75) is 51.1 Å². The van der Waals surface area contributed by atoms with E-state index >= 15 is 0 Å². The molecule has 0 spiro atoms. The lowest BCUT2D eigenvalue weighted by atomic mass is 9.94. The molecule has 0 radical (unpaired) electrons. The summed E-state index contributed by atoms with van der Waals surface area (Å²) in [6.45, 7) is 5.32. The Kier molecular flexibility index (Phi) is 4.85. The summed E-state index contributed by atoms with van der Waals surface area (Å²) < 4.78 is 39.7. The Bertz CT molecular complexity index is 654. The first-order chi connectivity index (χ1) is 11.6. The van der Waals surface area contributed by atoms with Crippen molar-refractivity contribution in [1.82, 2.24) is 5.32 Å². The second kappa shape index (κ2) is 6.51. The molecule has 3 rings (SSSR count). The minimum atomic E-state index is -3.44. The zero-order valence-corrected chi connectivity index (χ0v) is 15.5. The summed E-state index contributed by atoms with van der Waals surface area (Å²) in [5.41, 5.74) is -0.565. The van der Waals surface area contributed by atoms with Crippen LogP contribution < -0.4 is 5.32 Å². The molecule has 1 heterocycles. The maximum atomic E-state index is 11.9. The number of hydrogen-bond donors (Lipinski definition) is 1. The molecule has 5 unspecified atom stereocenters. The van der Waals surface area contributed by atoms with Crippen LogP contribution in [0.25, 0.3) is 0 Å². The highest BCUT2D eigenvalue weighted by Crippen LogP contribution is 2.55. The fraction of sp³-hybridized carbons (Fsp3) is 0.875. The number of carbonyl (C=O) groups excluding carboxylic acids is 2. The van der Waals surface area contributed by atoms with Crippen LogP contribution in [0, 0.1) is 17.3 Å². The molecular weight excluding hydrogens is 350 g/mol. The summed E-state index contributed by atoms with van der Waals surface area (Å²) >= 11 is 0. The van der Waals surface area contributed by atoms with Gasteiger partial charge in [-0.1, -0.05) is 20.8 Å². The Morgan fingerprint density at radius 2 is 1.92 bits per heavy atom. The third kappa shape index (κ3) is 3.68. The Morgan fingerprint density at radius 3 is 2.60 bits per heavy atom. The second-order valence-electron chi connectivity index (χ2n) is 7.98. The molecule has 142 valence electrons. The van der Waals surface area contributed by atoms with Crippen LogP contribution in [0.5, 0.6) is 0 Å². The van der Waals surface area contributed by atoms with E-state index in [9.17, 15) is 18.0 Å². The molecule has 2 aliphatic carbocycles. The summed E-state index contributed by atoms with van der Waals surface area (Å²) in [6.07, 6.45) is 0.762. The van der Waals surface area contributed by atoms with Crippen LogP contribution in [-0.4, -0.2) is 57.5 Å². The molecular formula is C16H25NO7S. The lowest BCUT2D eigenvalue weighted by molar-refractivity contribution is -0.147. The molecule has 2 saturated carbocycles. The van der Waals surface area contributed by atoms with E-state index in [1.807, 2.05) is 0 Å². The molecule has 1 amide bonds. The normalized spacial score (nSPS) is 34.9. The first-order valence-electron chi connectivity index (χ1n) is 8.57. The lowest BCUT2D eigenvalue weighted by Crippen LogP contribution is -2.39. The Labute approximate surface area is 147 Å². The van der Waals surface area contributed by atoms with Gasteiger partial charge in [0.05, 0.1) is 18.0 Å². The number of nitrogens with one attached hydrogen (secondary N) is 1. The molecule has 3 aliphatic rings. The molecule has 5 atom stereocenters. The average Bonchev–Trinajstić information content (AvgIpc) is 3.11. The van der Waals surface area contributed by atoms with Gasteiger partial charge >= 0.3 is 5.97 Å². The zero-order valence-electron chi connectivity index (χ0n) is 14.7. The minimum absolute atomic E-state index is 0.0372. The number of ether oxygens (including phenoxy) is 2. The van der Waals surface area contributed by atoms with Gasteiger partial charge in [0, 0.05) is 11.3 Å². The van der Waals surface area contributed by atoms with E-state index in [0.29, 0.717) is 6.42 Å². The van der Waals surface area contributed by atoms with E-state index in [0.717, 1.165) is 6.42 Å². The van der Waals surface area contributed by atoms with Gasteiger partial charge in [-0.05, 0) is 18.8 Å². The van der Waals surface area contributed by atoms with Crippen molar-refractivity contribution in [2.24, 2.45) is 17.3 Å². The first-order valence-corrected chi connectivity index (χ1v) is 10.0. The molecule has 9 heteroatoms. The molecule has 0 aromatic carbocycles. The van der Waals surface area contributed by atoms with E-state index in [4.69, 9.17) is 13.7 Å². The summed E-state index contributed by atoms with van der Waals surface area (Å²) in [5, 5.41) is 2.15. The second-order valence-corrected chi connectivity index (χ2v) is 9.76. The predicted octanol–water partition coefficient (Wildman–Crippen LogP) is 0.214. The number of hydrogen-bond acceptors (Lipinski definition) is 7. The molecule has 0 aromatic heterocycles. The number of esters is 1. The number of rotatable bonds is 6. The van der Waals surface area contributed by atoms with E-state index in [-0.39, 0.29) is 48.9 Å². The maximum Gasteiger partial charge on any atom is 0.325 e. The highest BCUT2D eigenvalue weighted by Gasteiger charge is 2.64. The van der Waals surface area contributed by atoms with Crippen molar-refractivity contribution in [1.29, 1.82) is 0 Å². The molecule has 0 aromatic rings. The van der Waals surface area contributed by atoms with E-state index < -0.39 is 27.6 Å². The zero-order chi connectivity index (χ0) is 18.4. The number of carbonyl (C=O) groups is 2. The van der Waals surface area contributed by atoms with Gasteiger partial charge in [0.1, 0.15) is 19.3 Å². The predicted molar refractivity (Wildman–Crippen MR) is 87.0 cm³/mol. The summed E-state index contributed by atoms with van der Waals surface area (Å²) in [5.74, 6) is -0.528. The van der Waals surface area contributed by atoms with Crippen molar-refractivity contribution in [2.75, 3.05) is 19.8 Å². The third-order valence-corrected chi connectivity index (χ3v) is 6.92. The van der Waals surface area contributed by atoms with Crippen LogP contribution in [0.4, 0.5) is 0 Å². The van der Waals surface area contributed by atoms with Crippen LogP contribution in [0.2, 0.25) is 0 Å². The smallest absolute Gasteiger partial charge is 0.325 e. The highest BCUT2D eigenvalue weighted by atomic mass is 32.2. The van der Waals surface area contributed by atoms with Crippen LogP contribution >= 0.6 is 0 Å². The van der Waals surface area contributed by atoms with E-state index in [2.05, 4.69) is 5.32 Å². The van der Waals surface area contributed by atoms with Gasteiger partial charge in [0.15, 0.2) is 0 Å². The fourth-order valence-corrected chi connectivity index (χ4v) is 5.80. The molecule has 1 N–H and O–H groups in total. The van der Waals surface area contributed by atoms with Gasteiger partial charge in [-0.3, -0.25) is 13.8 Å². The molecule has 1 saturated heterocycles. The van der Waals surface area contributed by atoms with Crippen molar-refractivity contribution in [3.05, 3.63) is 0 Å². The SMILES string of the molecule is CC(C)(C)C(=O)NCC(=O)OCCOC1C2CC3C1OS(=O)(=O)C3C2. The van der Waals surface area contributed by atoms with Crippen molar-refractivity contribution in [3.8, 4) is 0 Å². The summed E-state index contributed by atoms with van der Waals surface area (Å²) in [6, 6.07) is 0. The highest BCUT2D eigenvalue weighted by molar-refractivity contribution is 7.87. The van der Waals surface area contributed by atoms with Crippen LogP contribution in [-0.2, 0) is 33.4 Å². The largest absolute Gasteiger partial charge is 0.462 e. The molecule has 2 bridgehead atoms. The van der Waals surface area contributed by atoms with Gasteiger partial charge in [0.2, 0.25) is 5.91 Å². The van der Waals surface area contributed by atoms with Gasteiger partial charge in [-0.25, -0.2) is 0 Å². The quantitative estimate of drug-likeness (QED) is 0.402. The van der Waals surface area contributed by atoms with Gasteiger partial charge in [-0.15, -0.1) is 0 Å². The Morgan fingerprint density at radius 1 is 1.20 bits per heavy atom. The minimum Gasteiger partial charge on any atom is -0.462 e. The lowest BCUT2D eigenvalue weighted by Gasteiger charge is -2.25. The Balaban J connectivity index is 1.36. The molecule has 8 nitrogen and oxygen atoms in total. The standard InChI is InChI=1S/C16H25NO7S/c1-16(2,3)15(19)17-8-12(18)22-4-5-23-13-9-6-10-11(7-9)25(20,21)24-14(10)13/h9-11,13-14H,4-8H2,1-3H3,(H,17,19). The van der Waals surface area contributed by atoms with E-state index in [1.54, 1.807) is 20.8 Å². The first kappa shape index (κ1) is 18.6. The average molecular weight is 375 g/mol. The third-order valence-electron chi connectivity index (χ3n) is 5.15. The van der Waals surface area contributed by atoms with Crippen LogP contribution in [0.1, 0.15) is 33.6 Å². The number of fused-ring (bicyclic) bond motifs is 1. The van der Waals surface area contributed by atoms with Crippen LogP contribution in [0.3, 0.4) is 0 Å². The molecule has 25 heavy (non-hydrogen) atoms. The van der Waals surface area contributed by atoms with Gasteiger partial charge in [-0.2, -0.15) is 8.42 Å². The number of amides is 1. The molecule has 3 fully saturated rings. The fourth-order valence-electron chi connectivity index (χ4n) is 3.92. The maximum absolute atomic E-state index is 11.9. The Hall–Kier alpha value is -1.19.